The number of ether oxygens (including phenoxy) is 2. The quantitative estimate of drug-likeness (QED) is 0.340. The molecule has 0 radical (unpaired) electrons. The molecule has 3 aromatic carbocycles. The molecule has 3 aromatic rings. The Balaban J connectivity index is 0.00000385. The molecule has 0 saturated carbocycles. The van der Waals surface area contributed by atoms with Crippen LogP contribution in [0.2, 0.25) is 0 Å². The first-order chi connectivity index (χ1) is 15.6. The molecule has 0 heterocycles. The minimum Gasteiger partial charge on any atom is -0.490 e. The van der Waals surface area contributed by atoms with E-state index in [-0.39, 0.29) is 24.6 Å². The zero-order valence-electron chi connectivity index (χ0n) is 18.6. The van der Waals surface area contributed by atoms with Crippen LogP contribution in [0.3, 0.4) is 0 Å². The number of aliphatic hydroxyl groups excluding tert-OH is 1. The fourth-order valence-electron chi connectivity index (χ4n) is 3.36. The normalized spacial score (nSPS) is 11.5. The summed E-state index contributed by atoms with van der Waals surface area (Å²) in [6.45, 7) is 1.93. The Hall–Kier alpha value is -2.90. The smallest absolute Gasteiger partial charge is 0.339 e. The Morgan fingerprint density at radius 2 is 1.67 bits per heavy atom. The molecular formula is C26H30ClNO5. The van der Waals surface area contributed by atoms with Crippen LogP contribution in [-0.4, -0.2) is 49.6 Å². The SMILES string of the molecule is COCCOc1cc(-c2ccc(CCNC[C@H](O)c3ccccc3)cc2)ccc1C(=O)O.Cl. The highest BCUT2D eigenvalue weighted by atomic mass is 35.5. The van der Waals surface area contributed by atoms with Crippen LogP contribution in [0.1, 0.15) is 27.6 Å². The number of benzene rings is 3. The number of rotatable bonds is 12. The van der Waals surface area contributed by atoms with Gasteiger partial charge in [0.1, 0.15) is 17.9 Å². The summed E-state index contributed by atoms with van der Waals surface area (Å²) in [5.41, 5.74) is 4.08. The monoisotopic (exact) mass is 471 g/mol. The van der Waals surface area contributed by atoms with E-state index in [0.29, 0.717) is 18.9 Å². The van der Waals surface area contributed by atoms with Crippen molar-refractivity contribution < 1.29 is 24.5 Å². The minimum atomic E-state index is -1.02. The molecule has 0 aromatic heterocycles. The Morgan fingerprint density at radius 3 is 2.33 bits per heavy atom. The van der Waals surface area contributed by atoms with Gasteiger partial charge in [-0.1, -0.05) is 60.7 Å². The molecule has 176 valence electrons. The first kappa shape index (κ1) is 26.4. The summed E-state index contributed by atoms with van der Waals surface area (Å²) >= 11 is 0. The van der Waals surface area contributed by atoms with E-state index < -0.39 is 12.1 Å². The second-order valence-corrected chi connectivity index (χ2v) is 7.43. The lowest BCUT2D eigenvalue weighted by Crippen LogP contribution is -2.23. The maximum absolute atomic E-state index is 11.5. The molecule has 0 aliphatic rings. The summed E-state index contributed by atoms with van der Waals surface area (Å²) in [7, 11) is 1.57. The summed E-state index contributed by atoms with van der Waals surface area (Å²) in [6, 6.07) is 22.9. The van der Waals surface area contributed by atoms with Crippen molar-refractivity contribution >= 4 is 18.4 Å². The van der Waals surface area contributed by atoms with Gasteiger partial charge in [-0.2, -0.15) is 0 Å². The number of carbonyl (C=O) groups is 1. The van der Waals surface area contributed by atoms with E-state index in [2.05, 4.69) is 17.4 Å². The molecule has 0 aliphatic carbocycles. The predicted molar refractivity (Wildman–Crippen MR) is 131 cm³/mol. The second-order valence-electron chi connectivity index (χ2n) is 7.43. The van der Waals surface area contributed by atoms with Gasteiger partial charge in [-0.05, 0) is 47.4 Å². The molecule has 3 rings (SSSR count). The third kappa shape index (κ3) is 7.87. The Kier molecular flexibility index (Phi) is 10.9. The van der Waals surface area contributed by atoms with Gasteiger partial charge in [0.25, 0.3) is 0 Å². The van der Waals surface area contributed by atoms with Gasteiger partial charge in [0.2, 0.25) is 0 Å². The van der Waals surface area contributed by atoms with E-state index in [0.717, 1.165) is 29.7 Å². The van der Waals surface area contributed by atoms with Crippen molar-refractivity contribution in [3.05, 3.63) is 89.5 Å². The maximum Gasteiger partial charge on any atom is 0.339 e. The first-order valence-corrected chi connectivity index (χ1v) is 10.6. The minimum absolute atomic E-state index is 0. The number of aliphatic hydroxyl groups is 1. The van der Waals surface area contributed by atoms with E-state index in [1.165, 1.54) is 5.56 Å². The van der Waals surface area contributed by atoms with Crippen LogP contribution in [0, 0.1) is 0 Å². The molecule has 0 unspecified atom stereocenters. The third-order valence-electron chi connectivity index (χ3n) is 5.16. The Bertz CT molecular complexity index is 995. The number of hydrogen-bond donors (Lipinski definition) is 3. The average Bonchev–Trinajstić information content (AvgIpc) is 2.82. The molecule has 33 heavy (non-hydrogen) atoms. The number of carboxylic acid groups (broad SMARTS) is 1. The molecule has 0 aliphatic heterocycles. The van der Waals surface area contributed by atoms with Crippen molar-refractivity contribution in [2.75, 3.05) is 33.4 Å². The summed E-state index contributed by atoms with van der Waals surface area (Å²) in [5.74, 6) is -0.693. The van der Waals surface area contributed by atoms with Crippen LogP contribution in [0.25, 0.3) is 11.1 Å². The van der Waals surface area contributed by atoms with E-state index in [1.54, 1.807) is 25.3 Å². The fourth-order valence-corrected chi connectivity index (χ4v) is 3.36. The maximum atomic E-state index is 11.5. The van der Waals surface area contributed by atoms with Gasteiger partial charge >= 0.3 is 5.97 Å². The van der Waals surface area contributed by atoms with Gasteiger partial charge < -0.3 is 25.0 Å². The highest BCUT2D eigenvalue weighted by Crippen LogP contribution is 2.28. The summed E-state index contributed by atoms with van der Waals surface area (Å²) in [5, 5.41) is 22.9. The molecule has 6 nitrogen and oxygen atoms in total. The van der Waals surface area contributed by atoms with Crippen molar-refractivity contribution in [2.24, 2.45) is 0 Å². The lowest BCUT2D eigenvalue weighted by molar-refractivity contribution is 0.0689. The number of nitrogens with one attached hydrogen (secondary N) is 1. The first-order valence-electron chi connectivity index (χ1n) is 10.6. The van der Waals surface area contributed by atoms with Gasteiger partial charge in [-0.25, -0.2) is 4.79 Å². The Morgan fingerprint density at radius 1 is 0.970 bits per heavy atom. The van der Waals surface area contributed by atoms with Crippen molar-refractivity contribution in [1.29, 1.82) is 0 Å². The van der Waals surface area contributed by atoms with Crippen LogP contribution >= 0.6 is 12.4 Å². The van der Waals surface area contributed by atoms with E-state index in [1.807, 2.05) is 42.5 Å². The zero-order chi connectivity index (χ0) is 22.8. The van der Waals surface area contributed by atoms with Crippen LogP contribution in [0.15, 0.2) is 72.8 Å². The summed E-state index contributed by atoms with van der Waals surface area (Å²) < 4.78 is 10.6. The van der Waals surface area contributed by atoms with Crippen LogP contribution in [0.4, 0.5) is 0 Å². The fraction of sp³-hybridized carbons (Fsp3) is 0.269. The van der Waals surface area contributed by atoms with Gasteiger partial charge in [-0.15, -0.1) is 12.4 Å². The summed E-state index contributed by atoms with van der Waals surface area (Å²) in [4.78, 5) is 11.5. The highest BCUT2D eigenvalue weighted by molar-refractivity contribution is 5.92. The largest absolute Gasteiger partial charge is 0.490 e. The lowest BCUT2D eigenvalue weighted by Gasteiger charge is -2.13. The molecule has 0 spiro atoms. The van der Waals surface area contributed by atoms with E-state index in [9.17, 15) is 15.0 Å². The van der Waals surface area contributed by atoms with Crippen LogP contribution in [0.5, 0.6) is 5.75 Å². The third-order valence-corrected chi connectivity index (χ3v) is 5.16. The van der Waals surface area contributed by atoms with E-state index >= 15 is 0 Å². The highest BCUT2D eigenvalue weighted by Gasteiger charge is 2.13. The van der Waals surface area contributed by atoms with Gasteiger partial charge in [0.15, 0.2) is 0 Å². The zero-order valence-corrected chi connectivity index (χ0v) is 19.4. The van der Waals surface area contributed by atoms with Crippen molar-refractivity contribution in [2.45, 2.75) is 12.5 Å². The van der Waals surface area contributed by atoms with Gasteiger partial charge in [0, 0.05) is 13.7 Å². The molecule has 0 fully saturated rings. The number of hydrogen-bond acceptors (Lipinski definition) is 5. The predicted octanol–water partition coefficient (Wildman–Crippen LogP) is 4.36. The number of aromatic carboxylic acids is 1. The summed E-state index contributed by atoms with van der Waals surface area (Å²) in [6.07, 6.45) is 0.318. The number of carboxylic acids is 1. The van der Waals surface area contributed by atoms with Crippen molar-refractivity contribution in [3.63, 3.8) is 0 Å². The lowest BCUT2D eigenvalue weighted by atomic mass is 10.0. The standard InChI is InChI=1S/C26H29NO5.ClH/c1-31-15-16-32-25-17-22(11-12-23(25)26(29)30)20-9-7-19(8-10-20)13-14-27-18-24(28)21-5-3-2-4-6-21;/h2-12,17,24,27-28H,13-16,18H2,1H3,(H,29,30);1H/t24-;/m0./s1. The van der Waals surface area contributed by atoms with Gasteiger partial charge in [0.05, 0.1) is 12.7 Å². The molecule has 0 saturated heterocycles. The van der Waals surface area contributed by atoms with Crippen LogP contribution in [-0.2, 0) is 11.2 Å². The average molecular weight is 472 g/mol. The van der Waals surface area contributed by atoms with E-state index in [4.69, 9.17) is 9.47 Å². The molecule has 0 amide bonds. The molecular weight excluding hydrogens is 442 g/mol. The molecule has 7 heteroatoms. The molecule has 0 bridgehead atoms. The number of halogens is 1. The van der Waals surface area contributed by atoms with Gasteiger partial charge in [-0.3, -0.25) is 0 Å². The topological polar surface area (TPSA) is 88.0 Å². The van der Waals surface area contributed by atoms with Crippen molar-refractivity contribution in [3.8, 4) is 16.9 Å². The molecule has 3 N–H and O–H groups in total. The second kappa shape index (κ2) is 13.6. The molecule has 1 atom stereocenters. The van der Waals surface area contributed by atoms with Crippen molar-refractivity contribution in [1.82, 2.24) is 5.32 Å². The Labute approximate surface area is 200 Å². The number of methoxy groups -OCH3 is 1. The van der Waals surface area contributed by atoms with Crippen LogP contribution < -0.4 is 10.1 Å².